The third kappa shape index (κ3) is 3.83. The molecule has 0 aliphatic rings. The molecule has 0 spiro atoms. The largest absolute Gasteiger partial charge is 0.378 e. The molecule has 1 unspecified atom stereocenters. The van der Waals surface area contributed by atoms with Crippen molar-refractivity contribution in [1.29, 1.82) is 0 Å². The van der Waals surface area contributed by atoms with Crippen molar-refractivity contribution >= 4 is 37.5 Å². The number of halogens is 2. The monoisotopic (exact) mass is 381 g/mol. The van der Waals surface area contributed by atoms with Gasteiger partial charge in [0.1, 0.15) is 0 Å². The van der Waals surface area contributed by atoms with E-state index < -0.39 is 0 Å². The summed E-state index contributed by atoms with van der Waals surface area (Å²) < 4.78 is 2.20. The van der Waals surface area contributed by atoms with Crippen LogP contribution in [0.25, 0.3) is 0 Å². The van der Waals surface area contributed by atoms with Crippen molar-refractivity contribution in [2.75, 3.05) is 5.32 Å². The lowest BCUT2D eigenvalue weighted by atomic mass is 10.1. The Balaban J connectivity index is 2.22. The fourth-order valence-corrected chi connectivity index (χ4v) is 3.63. The summed E-state index contributed by atoms with van der Waals surface area (Å²) in [6, 6.07) is 13.1. The quantitative estimate of drug-likeness (QED) is 0.686. The van der Waals surface area contributed by atoms with Crippen LogP contribution in [0.3, 0.4) is 0 Å². The molecule has 19 heavy (non-hydrogen) atoms. The van der Waals surface area contributed by atoms with E-state index in [0.29, 0.717) is 0 Å². The summed E-state index contributed by atoms with van der Waals surface area (Å²) in [4.78, 5) is 0. The molecule has 3 heteroatoms. The number of rotatable bonds is 3. The van der Waals surface area contributed by atoms with E-state index in [1.807, 2.05) is 0 Å². The highest BCUT2D eigenvalue weighted by atomic mass is 79.9. The zero-order valence-electron chi connectivity index (χ0n) is 11.3. The first-order valence-electron chi connectivity index (χ1n) is 6.25. The van der Waals surface area contributed by atoms with E-state index in [1.165, 1.54) is 22.4 Å². The molecule has 1 N–H and O–H groups in total. The van der Waals surface area contributed by atoms with Gasteiger partial charge in [0.15, 0.2) is 0 Å². The lowest BCUT2D eigenvalue weighted by Gasteiger charge is -2.18. The molecule has 0 heterocycles. The Morgan fingerprint density at radius 2 is 1.58 bits per heavy atom. The van der Waals surface area contributed by atoms with Crippen molar-refractivity contribution in [2.45, 2.75) is 26.8 Å². The number of aryl methyl sites for hydroxylation is 2. The average molecular weight is 383 g/mol. The van der Waals surface area contributed by atoms with Crippen molar-refractivity contribution < 1.29 is 0 Å². The van der Waals surface area contributed by atoms with Gasteiger partial charge < -0.3 is 5.32 Å². The molecule has 2 rings (SSSR count). The van der Waals surface area contributed by atoms with Crippen molar-refractivity contribution in [3.05, 3.63) is 62.0 Å². The van der Waals surface area contributed by atoms with Gasteiger partial charge in [-0.1, -0.05) is 44.0 Å². The first-order valence-corrected chi connectivity index (χ1v) is 7.84. The van der Waals surface area contributed by atoms with Crippen LogP contribution >= 0.6 is 31.9 Å². The Kier molecular flexibility index (Phi) is 4.69. The number of anilines is 1. The first kappa shape index (κ1) is 14.6. The maximum atomic E-state index is 3.62. The molecule has 0 aliphatic carbocycles. The van der Waals surface area contributed by atoms with E-state index in [-0.39, 0.29) is 6.04 Å². The second-order valence-corrected chi connectivity index (χ2v) is 6.68. The van der Waals surface area contributed by atoms with Crippen LogP contribution in [0, 0.1) is 13.8 Å². The normalized spacial score (nSPS) is 12.3. The summed E-state index contributed by atoms with van der Waals surface area (Å²) in [5, 5.41) is 3.55. The van der Waals surface area contributed by atoms with Gasteiger partial charge in [0, 0.05) is 20.7 Å². The van der Waals surface area contributed by atoms with Crippen LogP contribution in [0.1, 0.15) is 29.7 Å². The lowest BCUT2D eigenvalue weighted by Crippen LogP contribution is -2.07. The smallest absolute Gasteiger partial charge is 0.0496 e. The predicted octanol–water partition coefficient (Wildman–Crippen LogP) is 6.00. The number of benzene rings is 2. The lowest BCUT2D eigenvalue weighted by molar-refractivity contribution is 0.877. The van der Waals surface area contributed by atoms with E-state index in [9.17, 15) is 0 Å². The SMILES string of the molecule is Cc1cc(C)cc(NC(C)c2ccc(Br)cc2Br)c1. The van der Waals surface area contributed by atoms with Crippen molar-refractivity contribution in [3.8, 4) is 0 Å². The second kappa shape index (κ2) is 6.10. The van der Waals surface area contributed by atoms with E-state index in [2.05, 4.69) is 94.3 Å². The average Bonchev–Trinajstić information content (AvgIpc) is 2.26. The number of hydrogen-bond acceptors (Lipinski definition) is 1. The third-order valence-electron chi connectivity index (χ3n) is 3.03. The van der Waals surface area contributed by atoms with Crippen LogP contribution in [0.5, 0.6) is 0 Å². The van der Waals surface area contributed by atoms with Crippen molar-refractivity contribution in [1.82, 2.24) is 0 Å². The second-order valence-electron chi connectivity index (χ2n) is 4.91. The summed E-state index contributed by atoms with van der Waals surface area (Å²) in [5.74, 6) is 0. The molecule has 2 aromatic rings. The van der Waals surface area contributed by atoms with Crippen molar-refractivity contribution in [2.24, 2.45) is 0 Å². The molecule has 0 radical (unpaired) electrons. The van der Waals surface area contributed by atoms with Gasteiger partial charge in [-0.3, -0.25) is 0 Å². The Morgan fingerprint density at radius 3 is 2.16 bits per heavy atom. The van der Waals surface area contributed by atoms with Crippen LogP contribution in [-0.2, 0) is 0 Å². The van der Waals surface area contributed by atoms with Gasteiger partial charge in [0.05, 0.1) is 0 Å². The molecular formula is C16H17Br2N. The highest BCUT2D eigenvalue weighted by Crippen LogP contribution is 2.29. The Labute approximate surface area is 131 Å². The van der Waals surface area contributed by atoms with Gasteiger partial charge in [0.25, 0.3) is 0 Å². The van der Waals surface area contributed by atoms with Crippen LogP contribution in [-0.4, -0.2) is 0 Å². The number of hydrogen-bond donors (Lipinski definition) is 1. The van der Waals surface area contributed by atoms with Gasteiger partial charge in [-0.2, -0.15) is 0 Å². The van der Waals surface area contributed by atoms with Crippen molar-refractivity contribution in [3.63, 3.8) is 0 Å². The fourth-order valence-electron chi connectivity index (χ4n) is 2.24. The van der Waals surface area contributed by atoms with Crippen LogP contribution in [0.4, 0.5) is 5.69 Å². The van der Waals surface area contributed by atoms with Gasteiger partial charge in [-0.15, -0.1) is 0 Å². The summed E-state index contributed by atoms with van der Waals surface area (Å²) in [7, 11) is 0. The number of nitrogens with one attached hydrogen (secondary N) is 1. The molecular weight excluding hydrogens is 366 g/mol. The minimum absolute atomic E-state index is 0.253. The summed E-state index contributed by atoms with van der Waals surface area (Å²) in [5.41, 5.74) is 4.98. The highest BCUT2D eigenvalue weighted by molar-refractivity contribution is 9.11. The predicted molar refractivity (Wildman–Crippen MR) is 89.8 cm³/mol. The van der Waals surface area contributed by atoms with E-state index >= 15 is 0 Å². The highest BCUT2D eigenvalue weighted by Gasteiger charge is 2.09. The minimum atomic E-state index is 0.253. The minimum Gasteiger partial charge on any atom is -0.378 e. The van der Waals surface area contributed by atoms with E-state index in [1.54, 1.807) is 0 Å². The van der Waals surface area contributed by atoms with Crippen LogP contribution in [0.15, 0.2) is 45.3 Å². The zero-order chi connectivity index (χ0) is 14.0. The Bertz CT molecular complexity index is 573. The molecule has 2 aromatic carbocycles. The maximum absolute atomic E-state index is 3.62. The maximum Gasteiger partial charge on any atom is 0.0496 e. The molecule has 0 fully saturated rings. The Morgan fingerprint density at radius 1 is 0.947 bits per heavy atom. The molecule has 1 atom stereocenters. The topological polar surface area (TPSA) is 12.0 Å². The molecule has 0 bridgehead atoms. The molecule has 0 saturated carbocycles. The van der Waals surface area contributed by atoms with Gasteiger partial charge in [0.2, 0.25) is 0 Å². The van der Waals surface area contributed by atoms with Crippen LogP contribution in [0.2, 0.25) is 0 Å². The fraction of sp³-hybridized carbons (Fsp3) is 0.250. The standard InChI is InChI=1S/C16H17Br2N/c1-10-6-11(2)8-14(7-10)19-12(3)15-5-4-13(17)9-16(15)18/h4-9,12,19H,1-3H3. The van der Waals surface area contributed by atoms with Crippen LogP contribution < -0.4 is 5.32 Å². The Hall–Kier alpha value is -0.800. The zero-order valence-corrected chi connectivity index (χ0v) is 14.5. The van der Waals surface area contributed by atoms with E-state index in [4.69, 9.17) is 0 Å². The van der Waals surface area contributed by atoms with Gasteiger partial charge in [-0.25, -0.2) is 0 Å². The summed E-state index contributed by atoms with van der Waals surface area (Å²) >= 11 is 7.10. The third-order valence-corrected chi connectivity index (χ3v) is 4.21. The molecule has 0 amide bonds. The molecule has 100 valence electrons. The van der Waals surface area contributed by atoms with Gasteiger partial charge in [-0.05, 0) is 61.7 Å². The van der Waals surface area contributed by atoms with E-state index in [0.717, 1.165) is 8.95 Å². The first-order chi connectivity index (χ1) is 8.95. The molecule has 0 saturated heterocycles. The van der Waals surface area contributed by atoms with Gasteiger partial charge >= 0.3 is 0 Å². The summed E-state index contributed by atoms with van der Waals surface area (Å²) in [6.45, 7) is 6.42. The molecule has 0 aromatic heterocycles. The summed E-state index contributed by atoms with van der Waals surface area (Å²) in [6.07, 6.45) is 0. The molecule has 0 aliphatic heterocycles. The molecule has 1 nitrogen and oxygen atoms in total.